The predicted molar refractivity (Wildman–Crippen MR) is 30.8 cm³/mol. The summed E-state index contributed by atoms with van der Waals surface area (Å²) in [6.45, 7) is 4.32. The first-order valence-electron chi connectivity index (χ1n) is 2.90. The monoisotopic (exact) mass is 133 g/mol. The highest BCUT2D eigenvalue weighted by Gasteiger charge is 2.25. The molecule has 0 aromatic heterocycles. The summed E-state index contributed by atoms with van der Waals surface area (Å²) in [5.41, 5.74) is -1.53. The van der Waals surface area contributed by atoms with Crippen LogP contribution in [0.3, 0.4) is 0 Å². The molecule has 2 nitrogen and oxygen atoms in total. The SMILES string of the molecule is [CH2]C1(F)COCCOC1. The number of hydrogen-bond acceptors (Lipinski definition) is 2. The van der Waals surface area contributed by atoms with Crippen molar-refractivity contribution in [3.8, 4) is 0 Å². The van der Waals surface area contributed by atoms with Crippen molar-refractivity contribution in [2.45, 2.75) is 5.67 Å². The van der Waals surface area contributed by atoms with E-state index in [-0.39, 0.29) is 13.2 Å². The first-order chi connectivity index (χ1) is 4.21. The van der Waals surface area contributed by atoms with E-state index in [0.717, 1.165) is 0 Å². The molecule has 0 bridgehead atoms. The van der Waals surface area contributed by atoms with Gasteiger partial charge in [0.05, 0.1) is 26.4 Å². The van der Waals surface area contributed by atoms with E-state index in [1.165, 1.54) is 0 Å². The van der Waals surface area contributed by atoms with Crippen molar-refractivity contribution in [2.75, 3.05) is 26.4 Å². The van der Waals surface area contributed by atoms with Crippen LogP contribution in [-0.4, -0.2) is 32.1 Å². The lowest BCUT2D eigenvalue weighted by molar-refractivity contribution is 0.0487. The van der Waals surface area contributed by atoms with E-state index in [1.807, 2.05) is 0 Å². The van der Waals surface area contributed by atoms with Crippen molar-refractivity contribution in [2.24, 2.45) is 0 Å². The molecule has 0 aliphatic carbocycles. The van der Waals surface area contributed by atoms with Crippen LogP contribution >= 0.6 is 0 Å². The highest BCUT2D eigenvalue weighted by atomic mass is 19.1. The molecule has 1 radical (unpaired) electrons. The number of hydrogen-bond donors (Lipinski definition) is 0. The Hall–Kier alpha value is -0.150. The standard InChI is InChI=1S/C6H10FO2/c1-6(7)4-8-2-3-9-5-6/h1-5H2. The van der Waals surface area contributed by atoms with Gasteiger partial charge in [0.25, 0.3) is 0 Å². The molecule has 0 unspecified atom stereocenters. The van der Waals surface area contributed by atoms with Crippen molar-refractivity contribution in [1.82, 2.24) is 0 Å². The second-order valence-electron chi connectivity index (χ2n) is 2.26. The zero-order chi connectivity index (χ0) is 6.74. The minimum absolute atomic E-state index is 0.0486. The third-order valence-corrected chi connectivity index (χ3v) is 1.09. The number of rotatable bonds is 0. The average Bonchev–Trinajstić information content (AvgIpc) is 1.92. The molecule has 3 heteroatoms. The molecule has 0 amide bonds. The zero-order valence-electron chi connectivity index (χ0n) is 5.23. The van der Waals surface area contributed by atoms with Gasteiger partial charge < -0.3 is 9.47 Å². The average molecular weight is 133 g/mol. The normalized spacial score (nSPS) is 27.3. The first kappa shape index (κ1) is 6.96. The summed E-state index contributed by atoms with van der Waals surface area (Å²) < 4.78 is 22.5. The van der Waals surface area contributed by atoms with E-state index in [0.29, 0.717) is 13.2 Å². The largest absolute Gasteiger partial charge is 0.376 e. The fourth-order valence-electron chi connectivity index (χ4n) is 0.670. The van der Waals surface area contributed by atoms with Crippen molar-refractivity contribution in [3.63, 3.8) is 0 Å². The Morgan fingerprint density at radius 3 is 2.11 bits per heavy atom. The summed E-state index contributed by atoms with van der Waals surface area (Å²) in [4.78, 5) is 0. The summed E-state index contributed by atoms with van der Waals surface area (Å²) in [5, 5.41) is 0. The van der Waals surface area contributed by atoms with Crippen LogP contribution in [0.1, 0.15) is 0 Å². The van der Waals surface area contributed by atoms with Crippen LogP contribution in [0.15, 0.2) is 0 Å². The third kappa shape index (κ3) is 2.28. The van der Waals surface area contributed by atoms with Crippen molar-refractivity contribution in [3.05, 3.63) is 6.92 Å². The molecule has 0 spiro atoms. The van der Waals surface area contributed by atoms with Crippen molar-refractivity contribution in [1.29, 1.82) is 0 Å². The minimum atomic E-state index is -1.53. The van der Waals surface area contributed by atoms with Crippen LogP contribution in [0.4, 0.5) is 4.39 Å². The van der Waals surface area contributed by atoms with E-state index in [2.05, 4.69) is 6.92 Å². The van der Waals surface area contributed by atoms with Gasteiger partial charge in [-0.3, -0.25) is 0 Å². The predicted octanol–water partition coefficient (Wildman–Crippen LogP) is 0.576. The maximum Gasteiger partial charge on any atom is 0.157 e. The molecule has 0 saturated carbocycles. The minimum Gasteiger partial charge on any atom is -0.376 e. The van der Waals surface area contributed by atoms with Gasteiger partial charge >= 0.3 is 0 Å². The third-order valence-electron chi connectivity index (χ3n) is 1.09. The van der Waals surface area contributed by atoms with Gasteiger partial charge in [-0.15, -0.1) is 0 Å². The fourth-order valence-corrected chi connectivity index (χ4v) is 0.670. The van der Waals surface area contributed by atoms with Crippen molar-refractivity contribution >= 4 is 0 Å². The second-order valence-corrected chi connectivity index (χ2v) is 2.26. The molecule has 1 saturated heterocycles. The summed E-state index contributed by atoms with van der Waals surface area (Å²) in [6.07, 6.45) is 0. The van der Waals surface area contributed by atoms with Crippen LogP contribution in [0.2, 0.25) is 0 Å². The van der Waals surface area contributed by atoms with Gasteiger partial charge in [-0.25, -0.2) is 4.39 Å². The van der Waals surface area contributed by atoms with E-state index < -0.39 is 5.67 Å². The zero-order valence-corrected chi connectivity index (χ0v) is 5.23. The fraction of sp³-hybridized carbons (Fsp3) is 0.833. The molecular weight excluding hydrogens is 123 g/mol. The van der Waals surface area contributed by atoms with Gasteiger partial charge in [0.15, 0.2) is 5.67 Å². The van der Waals surface area contributed by atoms with Gasteiger partial charge in [-0.2, -0.15) is 0 Å². The molecule has 53 valence electrons. The van der Waals surface area contributed by atoms with Gasteiger partial charge in [-0.05, 0) is 6.92 Å². The van der Waals surface area contributed by atoms with Crippen LogP contribution < -0.4 is 0 Å². The van der Waals surface area contributed by atoms with Crippen LogP contribution in [0, 0.1) is 6.92 Å². The first-order valence-corrected chi connectivity index (χ1v) is 2.90. The molecule has 0 N–H and O–H groups in total. The molecule has 0 atom stereocenters. The molecule has 0 aromatic rings. The Labute approximate surface area is 54.0 Å². The van der Waals surface area contributed by atoms with Gasteiger partial charge in [0.2, 0.25) is 0 Å². The maximum absolute atomic E-state index is 12.8. The van der Waals surface area contributed by atoms with Gasteiger partial charge in [-0.1, -0.05) is 0 Å². The Morgan fingerprint density at radius 2 is 1.67 bits per heavy atom. The summed E-state index contributed by atoms with van der Waals surface area (Å²) >= 11 is 0. The second kappa shape index (κ2) is 2.62. The summed E-state index contributed by atoms with van der Waals surface area (Å²) in [5.74, 6) is 0. The topological polar surface area (TPSA) is 18.5 Å². The molecule has 1 rings (SSSR count). The number of alkyl halides is 1. The Kier molecular flexibility index (Phi) is 2.03. The van der Waals surface area contributed by atoms with Crippen molar-refractivity contribution < 1.29 is 13.9 Å². The molecule has 1 heterocycles. The van der Waals surface area contributed by atoms with Crippen LogP contribution in [0.5, 0.6) is 0 Å². The van der Waals surface area contributed by atoms with E-state index >= 15 is 0 Å². The highest BCUT2D eigenvalue weighted by Crippen LogP contribution is 2.12. The lowest BCUT2D eigenvalue weighted by Gasteiger charge is -2.14. The van der Waals surface area contributed by atoms with Crippen LogP contribution in [0.25, 0.3) is 0 Å². The maximum atomic E-state index is 12.8. The van der Waals surface area contributed by atoms with E-state index in [9.17, 15) is 4.39 Å². The lowest BCUT2D eigenvalue weighted by atomic mass is 10.2. The Balaban J connectivity index is 2.36. The smallest absolute Gasteiger partial charge is 0.157 e. The molecule has 9 heavy (non-hydrogen) atoms. The Bertz CT molecular complexity index is 83.1. The molecule has 0 aromatic carbocycles. The number of halogens is 1. The van der Waals surface area contributed by atoms with E-state index in [1.54, 1.807) is 0 Å². The summed E-state index contributed by atoms with van der Waals surface area (Å²) in [6, 6.07) is 0. The Morgan fingerprint density at radius 1 is 1.22 bits per heavy atom. The molecule has 1 aliphatic rings. The van der Waals surface area contributed by atoms with Crippen LogP contribution in [-0.2, 0) is 9.47 Å². The highest BCUT2D eigenvalue weighted by molar-refractivity contribution is 4.82. The van der Waals surface area contributed by atoms with Gasteiger partial charge in [0.1, 0.15) is 0 Å². The molecule has 1 aliphatic heterocycles. The number of ether oxygens (including phenoxy) is 2. The molecule has 1 fully saturated rings. The lowest BCUT2D eigenvalue weighted by Crippen LogP contribution is -2.28. The molecular formula is C6H10FO2. The quantitative estimate of drug-likeness (QED) is 0.481. The van der Waals surface area contributed by atoms with E-state index in [4.69, 9.17) is 9.47 Å². The van der Waals surface area contributed by atoms with Gasteiger partial charge in [0, 0.05) is 0 Å². The summed E-state index contributed by atoms with van der Waals surface area (Å²) in [7, 11) is 0.